The van der Waals surface area contributed by atoms with E-state index in [1.165, 1.54) is 0 Å². The third-order valence-electron chi connectivity index (χ3n) is 4.72. The average Bonchev–Trinajstić information content (AvgIpc) is 3.13. The molecule has 0 saturated heterocycles. The normalized spacial score (nSPS) is 12.1. The Morgan fingerprint density at radius 2 is 1.79 bits per heavy atom. The van der Waals surface area contributed by atoms with Gasteiger partial charge >= 0.3 is 0 Å². The van der Waals surface area contributed by atoms with E-state index in [2.05, 4.69) is 4.98 Å². The van der Waals surface area contributed by atoms with E-state index >= 15 is 0 Å². The monoisotopic (exact) mass is 367 g/mol. The molecule has 5 rings (SSSR count). The van der Waals surface area contributed by atoms with Gasteiger partial charge in [-0.25, -0.2) is 9.98 Å². The van der Waals surface area contributed by atoms with Crippen molar-refractivity contribution in [1.82, 2.24) is 9.97 Å². The van der Waals surface area contributed by atoms with Crippen molar-refractivity contribution in [3.8, 4) is 17.1 Å². The molecular weight excluding hydrogens is 350 g/mol. The van der Waals surface area contributed by atoms with Gasteiger partial charge in [-0.15, -0.1) is 0 Å². The second-order valence-electron chi connectivity index (χ2n) is 6.69. The van der Waals surface area contributed by atoms with Crippen LogP contribution in [0.1, 0.15) is 5.56 Å². The summed E-state index contributed by atoms with van der Waals surface area (Å²) >= 11 is 0. The van der Waals surface area contributed by atoms with Crippen LogP contribution in [0.5, 0.6) is 5.75 Å². The molecule has 0 aliphatic rings. The van der Waals surface area contributed by atoms with Gasteiger partial charge in [0.2, 0.25) is 5.55 Å². The molecule has 28 heavy (non-hydrogen) atoms. The Morgan fingerprint density at radius 3 is 2.64 bits per heavy atom. The van der Waals surface area contributed by atoms with Crippen molar-refractivity contribution in [2.24, 2.45) is 4.99 Å². The van der Waals surface area contributed by atoms with Gasteiger partial charge in [0.15, 0.2) is 0 Å². The number of fused-ring (bicyclic) bond motifs is 2. The van der Waals surface area contributed by atoms with Crippen LogP contribution in [0.4, 0.5) is 5.69 Å². The van der Waals surface area contributed by atoms with Crippen LogP contribution >= 0.6 is 0 Å². The number of nitrogens with one attached hydrogen (secondary N) is 1. The van der Waals surface area contributed by atoms with Gasteiger partial charge in [-0.2, -0.15) is 0 Å². The summed E-state index contributed by atoms with van der Waals surface area (Å²) in [6.45, 7) is 2.01. The number of phenols is 1. The fraction of sp³-hybridized carbons (Fsp3) is 0.0435. The minimum absolute atomic E-state index is 0.148. The lowest BCUT2D eigenvalue weighted by Gasteiger charge is -2.04. The predicted molar refractivity (Wildman–Crippen MR) is 109 cm³/mol. The molecule has 0 spiro atoms. The van der Waals surface area contributed by atoms with Crippen molar-refractivity contribution in [3.63, 3.8) is 0 Å². The van der Waals surface area contributed by atoms with Gasteiger partial charge < -0.3 is 14.5 Å². The maximum Gasteiger partial charge on any atom is 0.230 e. The summed E-state index contributed by atoms with van der Waals surface area (Å²) < 4.78 is 6.10. The number of aromatic nitrogens is 2. The van der Waals surface area contributed by atoms with Gasteiger partial charge in [0.05, 0.1) is 22.3 Å². The molecule has 2 heterocycles. The number of nitrogens with zero attached hydrogens (tertiary/aromatic N) is 2. The Hall–Kier alpha value is -3.86. The minimum atomic E-state index is 0.148. The van der Waals surface area contributed by atoms with Crippen LogP contribution < -0.4 is 5.55 Å². The fourth-order valence-electron chi connectivity index (χ4n) is 3.24. The first-order chi connectivity index (χ1) is 13.7. The van der Waals surface area contributed by atoms with Crippen LogP contribution in [0.25, 0.3) is 33.4 Å². The highest BCUT2D eigenvalue weighted by molar-refractivity contribution is 5.84. The summed E-state index contributed by atoms with van der Waals surface area (Å²) in [6, 6.07) is 22.8. The number of hydrogen-bond donors (Lipinski definition) is 2. The highest BCUT2D eigenvalue weighted by atomic mass is 16.3. The first kappa shape index (κ1) is 16.3. The van der Waals surface area contributed by atoms with Crippen LogP contribution in [-0.4, -0.2) is 15.1 Å². The van der Waals surface area contributed by atoms with E-state index in [0.29, 0.717) is 17.0 Å². The molecular formula is C23H17N3O2. The molecule has 0 fully saturated rings. The molecule has 2 aromatic heterocycles. The summed E-state index contributed by atoms with van der Waals surface area (Å²) in [5.74, 6) is 0.835. The van der Waals surface area contributed by atoms with Gasteiger partial charge in [-0.3, -0.25) is 0 Å². The molecule has 0 radical (unpaired) electrons. The molecule has 136 valence electrons. The second-order valence-corrected chi connectivity index (χ2v) is 6.69. The van der Waals surface area contributed by atoms with E-state index in [1.807, 2.05) is 67.6 Å². The number of benzene rings is 3. The third kappa shape index (κ3) is 2.83. The topological polar surface area (TPSA) is 74.4 Å². The molecule has 0 aliphatic carbocycles. The molecule has 5 heteroatoms. The summed E-state index contributed by atoms with van der Waals surface area (Å²) in [6.07, 6.45) is 0. The second kappa shape index (κ2) is 6.39. The number of H-pyrrole nitrogens is 1. The Kier molecular flexibility index (Phi) is 3.72. The Morgan fingerprint density at radius 1 is 0.964 bits per heavy atom. The standard InChI is InChI=1S/C23H17N3O2/c1-14-6-2-3-7-18(14)26-23-17(12-15-10-11-16(27)13-21(15)28-23)22-24-19-8-4-5-9-20(19)25-22/h2-13,27H,1H3,(H,24,25). The average molecular weight is 367 g/mol. The Balaban J connectivity index is 1.83. The van der Waals surface area contributed by atoms with E-state index in [1.54, 1.807) is 12.1 Å². The summed E-state index contributed by atoms with van der Waals surface area (Å²) in [5, 5.41) is 10.7. The van der Waals surface area contributed by atoms with E-state index in [9.17, 15) is 5.11 Å². The lowest BCUT2D eigenvalue weighted by Crippen LogP contribution is -2.06. The number of aromatic hydroxyl groups is 1. The van der Waals surface area contributed by atoms with Crippen LogP contribution in [0.3, 0.4) is 0 Å². The zero-order valence-corrected chi connectivity index (χ0v) is 15.2. The lowest BCUT2D eigenvalue weighted by molar-refractivity contribution is 0.472. The van der Waals surface area contributed by atoms with Gasteiger partial charge in [-0.05, 0) is 48.9 Å². The Bertz CT molecular complexity index is 1360. The zero-order chi connectivity index (χ0) is 19.1. The molecule has 0 saturated carbocycles. The number of hydrogen-bond acceptors (Lipinski definition) is 4. The van der Waals surface area contributed by atoms with Crippen molar-refractivity contribution >= 4 is 27.7 Å². The van der Waals surface area contributed by atoms with E-state index in [0.717, 1.165) is 33.2 Å². The van der Waals surface area contributed by atoms with Crippen LogP contribution in [-0.2, 0) is 0 Å². The first-order valence-corrected chi connectivity index (χ1v) is 9.00. The number of aromatic amines is 1. The highest BCUT2D eigenvalue weighted by Crippen LogP contribution is 2.25. The number of imidazole rings is 1. The SMILES string of the molecule is Cc1ccccc1N=c1oc2cc(O)ccc2cc1-c1nc2ccccc2[nH]1. The fourth-order valence-corrected chi connectivity index (χ4v) is 3.24. The predicted octanol–water partition coefficient (Wildman–Crippen LogP) is 5.22. The van der Waals surface area contributed by atoms with Crippen LogP contribution in [0, 0.1) is 6.92 Å². The third-order valence-corrected chi connectivity index (χ3v) is 4.72. The molecule has 0 bridgehead atoms. The molecule has 0 atom stereocenters. The molecule has 5 aromatic rings. The van der Waals surface area contributed by atoms with Gasteiger partial charge in [0, 0.05) is 11.5 Å². The largest absolute Gasteiger partial charge is 0.508 e. The van der Waals surface area contributed by atoms with Crippen molar-refractivity contribution in [2.45, 2.75) is 6.92 Å². The van der Waals surface area contributed by atoms with E-state index < -0.39 is 0 Å². The summed E-state index contributed by atoms with van der Waals surface area (Å²) in [4.78, 5) is 12.8. The zero-order valence-electron chi connectivity index (χ0n) is 15.2. The first-order valence-electron chi connectivity index (χ1n) is 9.00. The van der Waals surface area contributed by atoms with E-state index in [-0.39, 0.29) is 5.75 Å². The minimum Gasteiger partial charge on any atom is -0.508 e. The molecule has 2 N–H and O–H groups in total. The van der Waals surface area contributed by atoms with Gasteiger partial charge in [-0.1, -0.05) is 30.3 Å². The number of aryl methyl sites for hydroxylation is 1. The smallest absolute Gasteiger partial charge is 0.230 e. The maximum atomic E-state index is 9.83. The maximum absolute atomic E-state index is 9.83. The van der Waals surface area contributed by atoms with Gasteiger partial charge in [0.25, 0.3) is 0 Å². The van der Waals surface area contributed by atoms with Crippen LogP contribution in [0.2, 0.25) is 0 Å². The van der Waals surface area contributed by atoms with Crippen molar-refractivity contribution in [3.05, 3.63) is 83.9 Å². The number of rotatable bonds is 2. The van der Waals surface area contributed by atoms with Gasteiger partial charge in [0.1, 0.15) is 17.2 Å². The van der Waals surface area contributed by atoms with Crippen molar-refractivity contribution in [2.75, 3.05) is 0 Å². The molecule has 0 aliphatic heterocycles. The molecule has 0 amide bonds. The lowest BCUT2D eigenvalue weighted by atomic mass is 10.1. The molecule has 3 aromatic carbocycles. The number of para-hydroxylation sites is 3. The van der Waals surface area contributed by atoms with Crippen LogP contribution in [0.15, 0.2) is 82.2 Å². The van der Waals surface area contributed by atoms with Crippen molar-refractivity contribution < 1.29 is 9.52 Å². The Labute approximate surface area is 160 Å². The van der Waals surface area contributed by atoms with E-state index in [4.69, 9.17) is 14.4 Å². The summed E-state index contributed by atoms with van der Waals surface area (Å²) in [5.41, 5.74) is 5.46. The highest BCUT2D eigenvalue weighted by Gasteiger charge is 2.12. The number of phenolic OH excluding ortho intramolecular Hbond substituents is 1. The quantitative estimate of drug-likeness (QED) is 0.449. The van der Waals surface area contributed by atoms with Crippen molar-refractivity contribution in [1.29, 1.82) is 0 Å². The molecule has 5 nitrogen and oxygen atoms in total. The molecule has 0 unspecified atom stereocenters. The summed E-state index contributed by atoms with van der Waals surface area (Å²) in [7, 11) is 0.